The molecule has 2 heterocycles. The van der Waals surface area contributed by atoms with Crippen LogP contribution in [0.25, 0.3) is 11.0 Å². The second-order valence-electron chi connectivity index (χ2n) is 5.28. The lowest BCUT2D eigenvalue weighted by atomic mass is 10.1. The number of benzene rings is 2. The van der Waals surface area contributed by atoms with Gasteiger partial charge in [-0.05, 0) is 17.7 Å². The van der Waals surface area contributed by atoms with E-state index in [2.05, 4.69) is 0 Å². The summed E-state index contributed by atoms with van der Waals surface area (Å²) in [6, 6.07) is 18.5. The van der Waals surface area contributed by atoms with E-state index in [1.807, 2.05) is 48.5 Å². The molecule has 0 bridgehead atoms. The molecule has 1 amide bonds. The summed E-state index contributed by atoms with van der Waals surface area (Å²) >= 11 is 1.56. The van der Waals surface area contributed by atoms with Gasteiger partial charge in [0.05, 0.1) is 11.4 Å². The highest BCUT2D eigenvalue weighted by Crippen LogP contribution is 2.43. The van der Waals surface area contributed by atoms with E-state index in [4.69, 9.17) is 4.42 Å². The van der Waals surface area contributed by atoms with Crippen molar-refractivity contribution in [1.82, 2.24) is 0 Å². The molecule has 114 valence electrons. The Balaban J connectivity index is 1.91. The maximum absolute atomic E-state index is 12.5. The number of fused-ring (bicyclic) bond motifs is 1. The van der Waals surface area contributed by atoms with Gasteiger partial charge < -0.3 is 4.42 Å². The fraction of sp³-hybridized carbons (Fsp3) is 0.111. The SMILES string of the molecule is O=C1CSC(c2ccccc2)N1c1cc(=O)oc2ccccc12. The lowest BCUT2D eigenvalue weighted by molar-refractivity contribution is -0.115. The monoisotopic (exact) mass is 323 g/mol. The number of carbonyl (C=O) groups excluding carboxylic acids is 1. The summed E-state index contributed by atoms with van der Waals surface area (Å²) in [4.78, 5) is 26.1. The van der Waals surface area contributed by atoms with Gasteiger partial charge in [-0.1, -0.05) is 42.5 Å². The minimum atomic E-state index is -0.449. The molecule has 1 unspecified atom stereocenters. The molecule has 2 aromatic carbocycles. The number of carbonyl (C=O) groups is 1. The smallest absolute Gasteiger partial charge is 0.338 e. The first-order valence-corrected chi connectivity index (χ1v) is 8.30. The maximum Gasteiger partial charge on any atom is 0.338 e. The number of para-hydroxylation sites is 1. The quantitative estimate of drug-likeness (QED) is 0.677. The predicted octanol–water partition coefficient (Wildman–Crippen LogP) is 3.57. The molecule has 1 aliphatic rings. The third kappa shape index (κ3) is 2.43. The molecular weight excluding hydrogens is 310 g/mol. The third-order valence-corrected chi connectivity index (χ3v) is 5.05. The Morgan fingerprint density at radius 2 is 1.74 bits per heavy atom. The van der Waals surface area contributed by atoms with E-state index in [1.54, 1.807) is 22.7 Å². The topological polar surface area (TPSA) is 50.5 Å². The first-order chi connectivity index (χ1) is 11.2. The van der Waals surface area contributed by atoms with Crippen molar-refractivity contribution in [3.63, 3.8) is 0 Å². The molecule has 1 aliphatic heterocycles. The zero-order chi connectivity index (χ0) is 15.8. The summed E-state index contributed by atoms with van der Waals surface area (Å²) in [5.41, 5.74) is 1.70. The first-order valence-electron chi connectivity index (χ1n) is 7.25. The fourth-order valence-electron chi connectivity index (χ4n) is 2.84. The highest BCUT2D eigenvalue weighted by atomic mass is 32.2. The molecule has 0 aliphatic carbocycles. The van der Waals surface area contributed by atoms with Crippen molar-refractivity contribution in [3.05, 3.63) is 76.6 Å². The van der Waals surface area contributed by atoms with E-state index in [0.717, 1.165) is 10.9 Å². The molecule has 1 atom stereocenters. The van der Waals surface area contributed by atoms with Gasteiger partial charge in [-0.3, -0.25) is 9.69 Å². The van der Waals surface area contributed by atoms with Crippen LogP contribution in [0.5, 0.6) is 0 Å². The molecule has 3 aromatic rings. The molecule has 1 aromatic heterocycles. The van der Waals surface area contributed by atoms with Gasteiger partial charge in [0.1, 0.15) is 11.0 Å². The standard InChI is InChI=1S/C18H13NO3S/c20-16-11-23-18(12-6-2-1-3-7-12)19(16)14-10-17(21)22-15-9-5-4-8-13(14)15/h1-10,18H,11H2. The van der Waals surface area contributed by atoms with Crippen LogP contribution in [0.15, 0.2) is 69.9 Å². The van der Waals surface area contributed by atoms with E-state index >= 15 is 0 Å². The summed E-state index contributed by atoms with van der Waals surface area (Å²) in [5.74, 6) is 0.397. The highest BCUT2D eigenvalue weighted by molar-refractivity contribution is 8.00. The van der Waals surface area contributed by atoms with Crippen molar-refractivity contribution < 1.29 is 9.21 Å². The summed E-state index contributed by atoms with van der Waals surface area (Å²) in [6.07, 6.45) is 0. The zero-order valence-electron chi connectivity index (χ0n) is 12.1. The van der Waals surface area contributed by atoms with Crippen molar-refractivity contribution in [2.75, 3.05) is 10.7 Å². The molecule has 1 saturated heterocycles. The molecule has 4 nitrogen and oxygen atoms in total. The Labute approximate surface area is 136 Å². The van der Waals surface area contributed by atoms with Crippen LogP contribution in [-0.2, 0) is 4.79 Å². The van der Waals surface area contributed by atoms with Crippen LogP contribution >= 0.6 is 11.8 Å². The zero-order valence-corrected chi connectivity index (χ0v) is 13.0. The van der Waals surface area contributed by atoms with Gasteiger partial charge in [0.25, 0.3) is 0 Å². The van der Waals surface area contributed by atoms with E-state index in [9.17, 15) is 9.59 Å². The Hall–Kier alpha value is -2.53. The molecule has 1 fully saturated rings. The Morgan fingerprint density at radius 3 is 2.57 bits per heavy atom. The number of amides is 1. The lowest BCUT2D eigenvalue weighted by Gasteiger charge is -2.25. The van der Waals surface area contributed by atoms with Crippen molar-refractivity contribution in [2.45, 2.75) is 5.37 Å². The van der Waals surface area contributed by atoms with Crippen LogP contribution in [-0.4, -0.2) is 11.7 Å². The van der Waals surface area contributed by atoms with Gasteiger partial charge in [0.15, 0.2) is 0 Å². The predicted molar refractivity (Wildman–Crippen MR) is 91.6 cm³/mol. The van der Waals surface area contributed by atoms with Gasteiger partial charge in [-0.15, -0.1) is 11.8 Å². The average Bonchev–Trinajstić information content (AvgIpc) is 2.96. The highest BCUT2D eigenvalue weighted by Gasteiger charge is 2.35. The van der Waals surface area contributed by atoms with Gasteiger partial charge in [-0.25, -0.2) is 4.79 Å². The summed E-state index contributed by atoms with van der Waals surface area (Å²) in [7, 11) is 0. The van der Waals surface area contributed by atoms with Crippen LogP contribution in [0.1, 0.15) is 10.9 Å². The van der Waals surface area contributed by atoms with Gasteiger partial charge >= 0.3 is 5.63 Å². The van der Waals surface area contributed by atoms with E-state index in [1.165, 1.54) is 6.07 Å². The molecule has 4 rings (SSSR count). The van der Waals surface area contributed by atoms with Crippen molar-refractivity contribution in [2.24, 2.45) is 0 Å². The van der Waals surface area contributed by atoms with Crippen LogP contribution in [0.3, 0.4) is 0 Å². The third-order valence-electron chi connectivity index (χ3n) is 3.84. The van der Waals surface area contributed by atoms with E-state index in [0.29, 0.717) is 17.0 Å². The van der Waals surface area contributed by atoms with Crippen molar-refractivity contribution in [3.8, 4) is 0 Å². The second-order valence-corrected chi connectivity index (χ2v) is 6.35. The molecule has 5 heteroatoms. The van der Waals surface area contributed by atoms with Crippen LogP contribution in [0.4, 0.5) is 5.69 Å². The van der Waals surface area contributed by atoms with Gasteiger partial charge in [0.2, 0.25) is 5.91 Å². The Morgan fingerprint density at radius 1 is 1.00 bits per heavy atom. The van der Waals surface area contributed by atoms with Crippen LogP contribution < -0.4 is 10.5 Å². The van der Waals surface area contributed by atoms with Crippen LogP contribution in [0.2, 0.25) is 0 Å². The number of thioether (sulfide) groups is 1. The summed E-state index contributed by atoms with van der Waals surface area (Å²) < 4.78 is 5.24. The fourth-order valence-corrected chi connectivity index (χ4v) is 4.01. The molecule has 0 radical (unpaired) electrons. The number of hydrogen-bond donors (Lipinski definition) is 0. The van der Waals surface area contributed by atoms with E-state index < -0.39 is 5.63 Å². The minimum Gasteiger partial charge on any atom is -0.423 e. The molecule has 0 spiro atoms. The maximum atomic E-state index is 12.5. The summed E-state index contributed by atoms with van der Waals surface area (Å²) in [6.45, 7) is 0. The first kappa shape index (κ1) is 14.1. The van der Waals surface area contributed by atoms with Crippen molar-refractivity contribution >= 4 is 34.3 Å². The lowest BCUT2D eigenvalue weighted by Crippen LogP contribution is -2.28. The number of hydrogen-bond acceptors (Lipinski definition) is 4. The average molecular weight is 323 g/mol. The van der Waals surface area contributed by atoms with Gasteiger partial charge in [0, 0.05) is 11.5 Å². The molecular formula is C18H13NO3S. The number of rotatable bonds is 2. The molecule has 23 heavy (non-hydrogen) atoms. The normalized spacial score (nSPS) is 17.8. The number of nitrogens with zero attached hydrogens (tertiary/aromatic N) is 1. The summed E-state index contributed by atoms with van der Waals surface area (Å²) in [5, 5.41) is 0.637. The largest absolute Gasteiger partial charge is 0.423 e. The molecule has 0 N–H and O–H groups in total. The number of anilines is 1. The van der Waals surface area contributed by atoms with Gasteiger partial charge in [-0.2, -0.15) is 0 Å². The Bertz CT molecular complexity index is 936. The van der Waals surface area contributed by atoms with Crippen molar-refractivity contribution in [1.29, 1.82) is 0 Å². The van der Waals surface area contributed by atoms with Crippen LogP contribution in [0, 0.1) is 0 Å². The molecule has 0 saturated carbocycles. The second kappa shape index (κ2) is 5.59. The Kier molecular flexibility index (Phi) is 3.42. The van der Waals surface area contributed by atoms with E-state index in [-0.39, 0.29) is 11.3 Å². The minimum absolute atomic E-state index is 0.000365.